The second-order valence-corrected chi connectivity index (χ2v) is 7.00. The van der Waals surface area contributed by atoms with Crippen molar-refractivity contribution in [1.29, 1.82) is 0 Å². The van der Waals surface area contributed by atoms with Gasteiger partial charge < -0.3 is 35.2 Å². The molecule has 1 heterocycles. The van der Waals surface area contributed by atoms with E-state index < -0.39 is 24.1 Å². The Kier molecular flexibility index (Phi) is 7.91. The van der Waals surface area contributed by atoms with E-state index in [1.807, 2.05) is 0 Å². The second kappa shape index (κ2) is 10.9. The highest BCUT2D eigenvalue weighted by molar-refractivity contribution is 5.95. The molecule has 3 rings (SSSR count). The number of aromatic hydroxyl groups is 1. The molecule has 1 amide bonds. The molecule has 0 saturated carbocycles. The van der Waals surface area contributed by atoms with Crippen molar-refractivity contribution in [3.8, 4) is 28.7 Å². The summed E-state index contributed by atoms with van der Waals surface area (Å²) in [6.07, 6.45) is -5.56. The van der Waals surface area contributed by atoms with E-state index in [0.29, 0.717) is 18.0 Å². The van der Waals surface area contributed by atoms with Crippen LogP contribution in [0.1, 0.15) is 16.2 Å². The first-order valence-corrected chi connectivity index (χ1v) is 9.92. The Morgan fingerprint density at radius 1 is 1.12 bits per heavy atom. The lowest BCUT2D eigenvalue weighted by atomic mass is 10.2. The average Bonchev–Trinajstić information content (AvgIpc) is 3.30. The Hall–Kier alpha value is -3.84. The number of benzene rings is 2. The van der Waals surface area contributed by atoms with Crippen LogP contribution >= 0.6 is 0 Å². The van der Waals surface area contributed by atoms with Crippen LogP contribution < -0.4 is 20.5 Å². The van der Waals surface area contributed by atoms with Crippen molar-refractivity contribution in [1.82, 2.24) is 15.5 Å². The van der Waals surface area contributed by atoms with Gasteiger partial charge in [0.1, 0.15) is 36.6 Å². The number of aliphatic hydroxyl groups excluding tert-OH is 1. The molecule has 1 atom stereocenters. The summed E-state index contributed by atoms with van der Waals surface area (Å²) >= 11 is 0. The van der Waals surface area contributed by atoms with E-state index in [1.54, 1.807) is 0 Å². The number of ether oxygens (including phenoxy) is 2. The number of nitrogens with two attached hydrogens (primary N) is 1. The second-order valence-electron chi connectivity index (χ2n) is 7.00. The molecule has 2 aromatic carbocycles. The summed E-state index contributed by atoms with van der Waals surface area (Å²) in [6, 6.07) is 10.0. The number of amides is 1. The van der Waals surface area contributed by atoms with Gasteiger partial charge in [-0.2, -0.15) is 13.2 Å². The van der Waals surface area contributed by atoms with Crippen molar-refractivity contribution in [3.05, 3.63) is 53.9 Å². The Bertz CT molecular complexity index is 1100. The molecule has 1 aromatic heterocycles. The van der Waals surface area contributed by atoms with Gasteiger partial charge in [-0.25, -0.2) is 0 Å². The predicted molar refractivity (Wildman–Crippen MR) is 111 cm³/mol. The van der Waals surface area contributed by atoms with Crippen molar-refractivity contribution in [2.45, 2.75) is 12.3 Å². The van der Waals surface area contributed by atoms with Crippen LogP contribution in [0.15, 0.2) is 46.9 Å². The number of aromatic nitrogens is 2. The minimum atomic E-state index is -4.72. The first kappa shape index (κ1) is 24.8. The van der Waals surface area contributed by atoms with Gasteiger partial charge in [-0.05, 0) is 42.5 Å². The number of nitrogens with one attached hydrogen (secondary N) is 1. The first-order valence-electron chi connectivity index (χ1n) is 9.92. The molecule has 34 heavy (non-hydrogen) atoms. The summed E-state index contributed by atoms with van der Waals surface area (Å²) in [5, 5.41) is 28.9. The largest absolute Gasteiger partial charge is 0.507 e. The number of carbonyl (C=O) groups is 1. The molecule has 3 aromatic rings. The maximum atomic E-state index is 12.5. The van der Waals surface area contributed by atoms with E-state index in [4.69, 9.17) is 15.2 Å². The molecule has 0 bridgehead atoms. The summed E-state index contributed by atoms with van der Waals surface area (Å²) in [6.45, 7) is 0.768. The molecule has 13 heteroatoms. The maximum Gasteiger partial charge on any atom is 0.470 e. The van der Waals surface area contributed by atoms with Crippen molar-refractivity contribution >= 4 is 5.91 Å². The van der Waals surface area contributed by atoms with Crippen LogP contribution in [0.5, 0.6) is 17.2 Å². The summed E-state index contributed by atoms with van der Waals surface area (Å²) in [5.41, 5.74) is 5.40. The number of alkyl halides is 3. The zero-order valence-electron chi connectivity index (χ0n) is 17.6. The van der Waals surface area contributed by atoms with Gasteiger partial charge in [0.15, 0.2) is 0 Å². The van der Waals surface area contributed by atoms with Gasteiger partial charge in [0.2, 0.25) is 5.89 Å². The number of phenols is 1. The molecule has 0 aliphatic carbocycles. The number of nitrogens with zero attached hydrogens (tertiary/aromatic N) is 2. The number of hydrogen-bond acceptors (Lipinski definition) is 9. The molecular formula is C21H21F3N4O6. The highest BCUT2D eigenvalue weighted by atomic mass is 19.4. The molecule has 0 spiro atoms. The minimum Gasteiger partial charge on any atom is -0.507 e. The van der Waals surface area contributed by atoms with Gasteiger partial charge in [-0.3, -0.25) is 4.79 Å². The van der Waals surface area contributed by atoms with Crippen molar-refractivity contribution < 1.29 is 42.1 Å². The first-order chi connectivity index (χ1) is 16.1. The smallest absolute Gasteiger partial charge is 0.470 e. The summed E-state index contributed by atoms with van der Waals surface area (Å²) in [5.74, 6) is -1.97. The van der Waals surface area contributed by atoms with E-state index >= 15 is 0 Å². The van der Waals surface area contributed by atoms with Crippen LogP contribution in [-0.2, 0) is 6.18 Å². The number of carbonyl (C=O) groups excluding carboxylic acids is 1. The summed E-state index contributed by atoms with van der Waals surface area (Å²) < 4.78 is 53.2. The van der Waals surface area contributed by atoms with Gasteiger partial charge in [0.05, 0.1) is 5.56 Å². The molecule has 0 saturated heterocycles. The highest BCUT2D eigenvalue weighted by Crippen LogP contribution is 2.30. The summed E-state index contributed by atoms with van der Waals surface area (Å²) in [4.78, 5) is 11.2. The Morgan fingerprint density at radius 2 is 1.82 bits per heavy atom. The third-order valence-corrected chi connectivity index (χ3v) is 4.37. The van der Waals surface area contributed by atoms with E-state index in [0.717, 1.165) is 0 Å². The number of halogens is 3. The third-order valence-electron chi connectivity index (χ3n) is 4.37. The van der Waals surface area contributed by atoms with Gasteiger partial charge in [0, 0.05) is 18.7 Å². The molecule has 1 unspecified atom stereocenters. The van der Waals surface area contributed by atoms with Crippen LogP contribution in [-0.4, -0.2) is 58.7 Å². The zero-order chi connectivity index (χ0) is 24.7. The lowest BCUT2D eigenvalue weighted by Gasteiger charge is -2.14. The minimum absolute atomic E-state index is 0.0358. The number of primary amides is 1. The standard InChI is InChI=1S/C21H21F3N4O6/c22-21(23,24)20-28-27-19(34-20)12-1-3-14(4-2-12)33-11-13(29)10-26-7-8-32-15-5-6-17(30)16(9-15)18(25)31/h1-6,9,13,26,29-30H,7-8,10-11H2,(H2,25,31). The van der Waals surface area contributed by atoms with Crippen LogP contribution in [0.3, 0.4) is 0 Å². The molecular weight excluding hydrogens is 461 g/mol. The predicted octanol–water partition coefficient (Wildman–Crippen LogP) is 1.97. The van der Waals surface area contributed by atoms with Gasteiger partial charge in [-0.1, -0.05) is 0 Å². The highest BCUT2D eigenvalue weighted by Gasteiger charge is 2.38. The van der Waals surface area contributed by atoms with E-state index in [1.165, 1.54) is 42.5 Å². The van der Waals surface area contributed by atoms with Gasteiger partial charge in [0.25, 0.3) is 5.91 Å². The van der Waals surface area contributed by atoms with Crippen LogP contribution in [0.25, 0.3) is 11.5 Å². The van der Waals surface area contributed by atoms with E-state index in [2.05, 4.69) is 19.9 Å². The maximum absolute atomic E-state index is 12.5. The fourth-order valence-corrected chi connectivity index (χ4v) is 2.71. The lowest BCUT2D eigenvalue weighted by Crippen LogP contribution is -2.33. The van der Waals surface area contributed by atoms with Crippen LogP contribution in [0, 0.1) is 0 Å². The molecule has 5 N–H and O–H groups in total. The fraction of sp³-hybridized carbons (Fsp3) is 0.286. The molecule has 182 valence electrons. The molecule has 0 radical (unpaired) electrons. The van der Waals surface area contributed by atoms with Crippen LogP contribution in [0.4, 0.5) is 13.2 Å². The topological polar surface area (TPSA) is 153 Å². The average molecular weight is 482 g/mol. The van der Waals surface area contributed by atoms with E-state index in [9.17, 15) is 28.2 Å². The number of aliphatic hydroxyl groups is 1. The molecule has 0 aliphatic heterocycles. The summed E-state index contributed by atoms with van der Waals surface area (Å²) in [7, 11) is 0. The van der Waals surface area contributed by atoms with Gasteiger partial charge in [-0.15, -0.1) is 10.2 Å². The molecule has 0 fully saturated rings. The van der Waals surface area contributed by atoms with Gasteiger partial charge >= 0.3 is 12.1 Å². The van der Waals surface area contributed by atoms with Crippen molar-refractivity contribution in [2.24, 2.45) is 5.73 Å². The van der Waals surface area contributed by atoms with Crippen LogP contribution in [0.2, 0.25) is 0 Å². The Labute approximate surface area is 191 Å². The molecule has 10 nitrogen and oxygen atoms in total. The Morgan fingerprint density at radius 3 is 2.47 bits per heavy atom. The number of hydrogen-bond donors (Lipinski definition) is 4. The third kappa shape index (κ3) is 6.83. The quantitative estimate of drug-likeness (QED) is 0.301. The SMILES string of the molecule is NC(=O)c1cc(OCCNCC(O)COc2ccc(-c3nnc(C(F)(F)F)o3)cc2)ccc1O. The lowest BCUT2D eigenvalue weighted by molar-refractivity contribution is -0.156. The Balaban J connectivity index is 1.37. The van der Waals surface area contributed by atoms with Crippen molar-refractivity contribution in [2.75, 3.05) is 26.3 Å². The van der Waals surface area contributed by atoms with E-state index in [-0.39, 0.29) is 42.5 Å². The monoisotopic (exact) mass is 482 g/mol. The number of rotatable bonds is 11. The normalized spacial score (nSPS) is 12.4. The van der Waals surface area contributed by atoms with Crippen molar-refractivity contribution in [3.63, 3.8) is 0 Å². The zero-order valence-corrected chi connectivity index (χ0v) is 17.6. The molecule has 0 aliphatic rings. The fourth-order valence-electron chi connectivity index (χ4n) is 2.71.